The molecule has 0 aliphatic heterocycles. The van der Waals surface area contributed by atoms with Crippen molar-refractivity contribution in [2.45, 2.75) is 18.4 Å². The molecule has 4 nitrogen and oxygen atoms in total. The molecule has 0 aliphatic rings. The van der Waals surface area contributed by atoms with E-state index in [1.165, 1.54) is 19.2 Å². The SMILES string of the molecule is COc1ccc(S(=O)(=O)NCc2cc(F)ccc2F)c(C)c1. The van der Waals surface area contributed by atoms with Crippen molar-refractivity contribution >= 4 is 10.0 Å². The molecule has 0 spiro atoms. The van der Waals surface area contributed by atoms with Crippen LogP contribution in [0.2, 0.25) is 0 Å². The number of ether oxygens (including phenoxy) is 1. The summed E-state index contributed by atoms with van der Waals surface area (Å²) < 4.78 is 58.4. The second-order valence-corrected chi connectivity index (χ2v) is 6.43. The first-order valence-electron chi connectivity index (χ1n) is 6.42. The second-order valence-electron chi connectivity index (χ2n) is 4.69. The average Bonchev–Trinajstić information content (AvgIpc) is 2.47. The van der Waals surface area contributed by atoms with Gasteiger partial charge >= 0.3 is 0 Å². The van der Waals surface area contributed by atoms with Crippen molar-refractivity contribution in [1.82, 2.24) is 4.72 Å². The van der Waals surface area contributed by atoms with Crippen LogP contribution in [0.3, 0.4) is 0 Å². The molecule has 2 aromatic rings. The number of sulfonamides is 1. The fourth-order valence-corrected chi connectivity index (χ4v) is 3.21. The van der Waals surface area contributed by atoms with Gasteiger partial charge < -0.3 is 4.74 Å². The molecule has 0 saturated heterocycles. The molecule has 0 fully saturated rings. The van der Waals surface area contributed by atoms with Gasteiger partial charge in [-0.05, 0) is 48.9 Å². The number of nitrogens with one attached hydrogen (secondary N) is 1. The molecule has 0 aliphatic carbocycles. The molecule has 7 heteroatoms. The van der Waals surface area contributed by atoms with E-state index in [0.29, 0.717) is 11.3 Å². The minimum absolute atomic E-state index is 0.0603. The van der Waals surface area contributed by atoms with Gasteiger partial charge in [0.05, 0.1) is 12.0 Å². The number of hydrogen-bond acceptors (Lipinski definition) is 3. The van der Waals surface area contributed by atoms with Crippen LogP contribution in [0.4, 0.5) is 8.78 Å². The Hall–Kier alpha value is -1.99. The van der Waals surface area contributed by atoms with Gasteiger partial charge in [-0.25, -0.2) is 21.9 Å². The molecule has 0 heterocycles. The summed E-state index contributed by atoms with van der Waals surface area (Å²) in [6, 6.07) is 7.39. The van der Waals surface area contributed by atoms with Crippen LogP contribution >= 0.6 is 0 Å². The van der Waals surface area contributed by atoms with Gasteiger partial charge in [-0.1, -0.05) is 0 Å². The van der Waals surface area contributed by atoms with Gasteiger partial charge in [0.2, 0.25) is 10.0 Å². The zero-order valence-corrected chi connectivity index (χ0v) is 12.9. The zero-order chi connectivity index (χ0) is 16.3. The smallest absolute Gasteiger partial charge is 0.241 e. The number of aryl methyl sites for hydroxylation is 1. The second kappa shape index (κ2) is 6.41. The van der Waals surface area contributed by atoms with Gasteiger partial charge in [0.25, 0.3) is 0 Å². The highest BCUT2D eigenvalue weighted by Gasteiger charge is 2.18. The maximum Gasteiger partial charge on any atom is 0.241 e. The Balaban J connectivity index is 2.23. The molecule has 0 unspecified atom stereocenters. The van der Waals surface area contributed by atoms with Crippen molar-refractivity contribution in [2.75, 3.05) is 7.11 Å². The molecule has 2 rings (SSSR count). The Morgan fingerprint density at radius 1 is 1.14 bits per heavy atom. The predicted molar refractivity (Wildman–Crippen MR) is 78.1 cm³/mol. The summed E-state index contributed by atoms with van der Waals surface area (Å²) in [7, 11) is -2.36. The Kier molecular flexibility index (Phi) is 4.77. The number of benzene rings is 2. The minimum Gasteiger partial charge on any atom is -0.497 e. The summed E-state index contributed by atoms with van der Waals surface area (Å²) in [6.07, 6.45) is 0. The number of hydrogen-bond donors (Lipinski definition) is 1. The van der Waals surface area contributed by atoms with Crippen molar-refractivity contribution < 1.29 is 21.9 Å². The van der Waals surface area contributed by atoms with E-state index in [0.717, 1.165) is 18.2 Å². The van der Waals surface area contributed by atoms with Crippen molar-refractivity contribution in [3.8, 4) is 5.75 Å². The van der Waals surface area contributed by atoms with Gasteiger partial charge in [-0.15, -0.1) is 0 Å². The van der Waals surface area contributed by atoms with E-state index < -0.39 is 21.7 Å². The van der Waals surface area contributed by atoms with E-state index in [2.05, 4.69) is 4.72 Å². The third-order valence-corrected chi connectivity index (χ3v) is 4.69. The Morgan fingerprint density at radius 3 is 2.50 bits per heavy atom. The van der Waals surface area contributed by atoms with E-state index in [1.54, 1.807) is 13.0 Å². The molecule has 2 aromatic carbocycles. The number of halogens is 2. The van der Waals surface area contributed by atoms with Crippen molar-refractivity contribution in [1.29, 1.82) is 0 Å². The Bertz CT molecular complexity index is 791. The van der Waals surface area contributed by atoms with Crippen LogP contribution in [0.1, 0.15) is 11.1 Å². The van der Waals surface area contributed by atoms with Crippen molar-refractivity contribution in [2.24, 2.45) is 0 Å². The molecule has 0 saturated carbocycles. The average molecular weight is 327 g/mol. The molecule has 22 heavy (non-hydrogen) atoms. The van der Waals surface area contributed by atoms with Gasteiger partial charge in [0.15, 0.2) is 0 Å². The van der Waals surface area contributed by atoms with Crippen LogP contribution in [0.15, 0.2) is 41.3 Å². The van der Waals surface area contributed by atoms with Gasteiger partial charge in [-0.2, -0.15) is 0 Å². The van der Waals surface area contributed by atoms with Crippen LogP contribution in [0.5, 0.6) is 5.75 Å². The van der Waals surface area contributed by atoms with Gasteiger partial charge in [0.1, 0.15) is 17.4 Å². The maximum atomic E-state index is 13.5. The lowest BCUT2D eigenvalue weighted by molar-refractivity contribution is 0.414. The number of rotatable bonds is 5. The third kappa shape index (κ3) is 3.61. The summed E-state index contributed by atoms with van der Waals surface area (Å²) >= 11 is 0. The topological polar surface area (TPSA) is 55.4 Å². The highest BCUT2D eigenvalue weighted by molar-refractivity contribution is 7.89. The zero-order valence-electron chi connectivity index (χ0n) is 12.1. The summed E-state index contributed by atoms with van der Waals surface area (Å²) in [6.45, 7) is 1.29. The van der Waals surface area contributed by atoms with E-state index in [9.17, 15) is 17.2 Å². The van der Waals surface area contributed by atoms with Crippen LogP contribution in [-0.4, -0.2) is 15.5 Å². The number of methoxy groups -OCH3 is 1. The van der Waals surface area contributed by atoms with Crippen LogP contribution < -0.4 is 9.46 Å². The van der Waals surface area contributed by atoms with E-state index in [1.807, 2.05) is 0 Å². The molecule has 0 aromatic heterocycles. The van der Waals surface area contributed by atoms with Crippen LogP contribution in [0, 0.1) is 18.6 Å². The molecule has 0 radical (unpaired) electrons. The lowest BCUT2D eigenvalue weighted by Gasteiger charge is -2.11. The Morgan fingerprint density at radius 2 is 1.86 bits per heavy atom. The maximum absolute atomic E-state index is 13.5. The van der Waals surface area contributed by atoms with Crippen LogP contribution in [0.25, 0.3) is 0 Å². The summed E-state index contributed by atoms with van der Waals surface area (Å²) in [4.78, 5) is 0.0603. The molecular weight excluding hydrogens is 312 g/mol. The fourth-order valence-electron chi connectivity index (χ4n) is 1.98. The molecule has 118 valence electrons. The monoisotopic (exact) mass is 327 g/mol. The normalized spacial score (nSPS) is 11.5. The third-order valence-electron chi connectivity index (χ3n) is 3.13. The highest BCUT2D eigenvalue weighted by atomic mass is 32.2. The molecule has 1 N–H and O–H groups in total. The van der Waals surface area contributed by atoms with Crippen LogP contribution in [-0.2, 0) is 16.6 Å². The van der Waals surface area contributed by atoms with Crippen molar-refractivity contribution in [3.63, 3.8) is 0 Å². The van der Waals surface area contributed by atoms with Gasteiger partial charge in [-0.3, -0.25) is 0 Å². The molecular formula is C15H15F2NO3S. The predicted octanol–water partition coefficient (Wildman–Crippen LogP) is 2.76. The van der Waals surface area contributed by atoms with E-state index >= 15 is 0 Å². The first kappa shape index (κ1) is 16.4. The lowest BCUT2D eigenvalue weighted by Crippen LogP contribution is -2.24. The first-order valence-corrected chi connectivity index (χ1v) is 7.90. The van der Waals surface area contributed by atoms with E-state index in [4.69, 9.17) is 4.74 Å². The van der Waals surface area contributed by atoms with E-state index in [-0.39, 0.29) is 17.0 Å². The van der Waals surface area contributed by atoms with Gasteiger partial charge in [0, 0.05) is 12.1 Å². The quantitative estimate of drug-likeness (QED) is 0.919. The summed E-state index contributed by atoms with van der Waals surface area (Å²) in [5, 5.41) is 0. The lowest BCUT2D eigenvalue weighted by atomic mass is 10.2. The fraction of sp³-hybridized carbons (Fsp3) is 0.200. The molecule has 0 bridgehead atoms. The molecule has 0 amide bonds. The summed E-state index contributed by atoms with van der Waals surface area (Å²) in [5.41, 5.74) is 0.432. The first-order chi connectivity index (χ1) is 10.3. The summed E-state index contributed by atoms with van der Waals surface area (Å²) in [5.74, 6) is -0.764. The molecule has 0 atom stereocenters. The largest absolute Gasteiger partial charge is 0.497 e. The van der Waals surface area contributed by atoms with Crippen molar-refractivity contribution in [3.05, 3.63) is 59.2 Å². The standard InChI is InChI=1S/C15H15F2NO3S/c1-10-7-13(21-2)4-6-15(10)22(19,20)18-9-11-8-12(16)3-5-14(11)17/h3-8,18H,9H2,1-2H3. The highest BCUT2D eigenvalue weighted by Crippen LogP contribution is 2.21. The minimum atomic E-state index is -3.84. The Labute approximate surface area is 127 Å².